The maximum absolute atomic E-state index is 5.40. The molecule has 3 heteroatoms. The van der Waals surface area contributed by atoms with Crippen molar-refractivity contribution in [2.45, 2.75) is 0 Å². The SMILES string of the molecule is c1ccc(-c2ccc3c(c2)c2cc(-c4ccccc4)ccc2c2nc(-c4cccc(-c5ccc6c(c5)c5ccccc5n6-c5ccccc5)c4)cnc32)cc1. The molecule has 0 aliphatic carbocycles. The number of aromatic nitrogens is 3. The molecule has 9 aromatic carbocycles. The van der Waals surface area contributed by atoms with Crippen molar-refractivity contribution < 1.29 is 0 Å². The predicted molar refractivity (Wildman–Crippen MR) is 231 cm³/mol. The third kappa shape index (κ3) is 5.20. The van der Waals surface area contributed by atoms with Crippen LogP contribution in [0.2, 0.25) is 0 Å². The first-order valence-corrected chi connectivity index (χ1v) is 18.7. The van der Waals surface area contributed by atoms with Crippen molar-refractivity contribution in [3.63, 3.8) is 0 Å². The third-order valence-corrected chi connectivity index (χ3v) is 11.0. The van der Waals surface area contributed by atoms with Crippen LogP contribution in [0.25, 0.3) is 105 Å². The quantitative estimate of drug-likeness (QED) is 0.167. The monoisotopic (exact) mass is 699 g/mol. The lowest BCUT2D eigenvalue weighted by Crippen LogP contribution is -1.94. The molecule has 0 aliphatic heterocycles. The van der Waals surface area contributed by atoms with Crippen molar-refractivity contribution in [1.29, 1.82) is 0 Å². The Balaban J connectivity index is 1.07. The molecule has 256 valence electrons. The van der Waals surface area contributed by atoms with Crippen molar-refractivity contribution in [3.8, 4) is 50.3 Å². The number of para-hydroxylation sites is 2. The number of hydrogen-bond acceptors (Lipinski definition) is 2. The summed E-state index contributed by atoms with van der Waals surface area (Å²) in [6.45, 7) is 0. The highest BCUT2D eigenvalue weighted by molar-refractivity contribution is 6.24. The van der Waals surface area contributed by atoms with Crippen molar-refractivity contribution in [2.75, 3.05) is 0 Å². The summed E-state index contributed by atoms with van der Waals surface area (Å²) in [7, 11) is 0. The second-order valence-electron chi connectivity index (χ2n) is 14.2. The van der Waals surface area contributed by atoms with Crippen LogP contribution < -0.4 is 0 Å². The first-order chi connectivity index (χ1) is 27.3. The second kappa shape index (κ2) is 12.6. The molecule has 0 unspecified atom stereocenters. The molecule has 0 saturated carbocycles. The summed E-state index contributed by atoms with van der Waals surface area (Å²) in [5.41, 5.74) is 14.3. The van der Waals surface area contributed by atoms with Gasteiger partial charge in [0.25, 0.3) is 0 Å². The van der Waals surface area contributed by atoms with E-state index in [4.69, 9.17) is 9.97 Å². The van der Waals surface area contributed by atoms with E-state index in [-0.39, 0.29) is 0 Å². The molecule has 2 aromatic heterocycles. The van der Waals surface area contributed by atoms with Gasteiger partial charge in [-0.05, 0) is 92.7 Å². The van der Waals surface area contributed by atoms with Crippen molar-refractivity contribution in [1.82, 2.24) is 14.5 Å². The number of rotatable bonds is 5. The summed E-state index contributed by atoms with van der Waals surface area (Å²) < 4.78 is 2.36. The fourth-order valence-electron chi connectivity index (χ4n) is 8.35. The Kier molecular flexibility index (Phi) is 7.17. The standard InChI is InChI=1S/C52H33N3/c1-4-13-34(14-5-1)37-23-26-43-45(30-37)46-31-38(35-15-6-2-7-16-35)24-27-44(46)52-51(43)53-33-48(54-52)40-18-12-17-36(29-40)39-25-28-50-47(32-39)42-21-10-11-22-49(42)55(50)41-19-8-3-9-20-41/h1-33H. The van der Waals surface area contributed by atoms with Crippen LogP contribution in [0, 0.1) is 0 Å². The fourth-order valence-corrected chi connectivity index (χ4v) is 8.35. The maximum atomic E-state index is 5.40. The molecular weight excluding hydrogens is 667 g/mol. The normalized spacial score (nSPS) is 11.6. The van der Waals surface area contributed by atoms with Crippen LogP contribution in [0.4, 0.5) is 0 Å². The molecule has 0 atom stereocenters. The van der Waals surface area contributed by atoms with E-state index in [1.807, 2.05) is 6.20 Å². The predicted octanol–water partition coefficient (Wildman–Crippen LogP) is 13.7. The third-order valence-electron chi connectivity index (χ3n) is 11.0. The van der Waals surface area contributed by atoms with Gasteiger partial charge in [0.2, 0.25) is 0 Å². The van der Waals surface area contributed by atoms with Gasteiger partial charge in [-0.15, -0.1) is 0 Å². The van der Waals surface area contributed by atoms with Gasteiger partial charge in [-0.2, -0.15) is 0 Å². The van der Waals surface area contributed by atoms with E-state index in [1.165, 1.54) is 54.8 Å². The molecule has 11 rings (SSSR count). The van der Waals surface area contributed by atoms with Gasteiger partial charge in [0, 0.05) is 32.8 Å². The van der Waals surface area contributed by atoms with Gasteiger partial charge in [-0.1, -0.05) is 146 Å². The highest BCUT2D eigenvalue weighted by Crippen LogP contribution is 2.40. The lowest BCUT2D eigenvalue weighted by Gasteiger charge is -2.14. The summed E-state index contributed by atoms with van der Waals surface area (Å²) >= 11 is 0. The van der Waals surface area contributed by atoms with E-state index in [9.17, 15) is 0 Å². The van der Waals surface area contributed by atoms with E-state index in [1.54, 1.807) is 0 Å². The van der Waals surface area contributed by atoms with Crippen LogP contribution in [-0.2, 0) is 0 Å². The highest BCUT2D eigenvalue weighted by atomic mass is 15.0. The van der Waals surface area contributed by atoms with Gasteiger partial charge in [-0.25, -0.2) is 4.98 Å². The Morgan fingerprint density at radius 1 is 0.309 bits per heavy atom. The van der Waals surface area contributed by atoms with Gasteiger partial charge in [0.1, 0.15) is 0 Å². The molecule has 0 amide bonds. The molecule has 0 radical (unpaired) electrons. The molecule has 3 nitrogen and oxygen atoms in total. The van der Waals surface area contributed by atoms with Gasteiger partial charge in [-0.3, -0.25) is 4.98 Å². The summed E-state index contributed by atoms with van der Waals surface area (Å²) in [5.74, 6) is 0. The van der Waals surface area contributed by atoms with Crippen LogP contribution in [0.3, 0.4) is 0 Å². The van der Waals surface area contributed by atoms with Crippen LogP contribution in [0.15, 0.2) is 200 Å². The van der Waals surface area contributed by atoms with Crippen LogP contribution >= 0.6 is 0 Å². The number of nitrogens with zero attached hydrogens (tertiary/aromatic N) is 3. The Hall–Kier alpha value is -7.36. The smallest absolute Gasteiger partial charge is 0.0979 e. The van der Waals surface area contributed by atoms with Crippen molar-refractivity contribution in [2.24, 2.45) is 0 Å². The molecule has 0 saturated heterocycles. The molecular formula is C52H33N3. The van der Waals surface area contributed by atoms with Crippen LogP contribution in [0.1, 0.15) is 0 Å². The zero-order valence-corrected chi connectivity index (χ0v) is 29.9. The average molecular weight is 700 g/mol. The second-order valence-corrected chi connectivity index (χ2v) is 14.2. The van der Waals surface area contributed by atoms with Crippen molar-refractivity contribution >= 4 is 54.4 Å². The number of hydrogen-bond donors (Lipinski definition) is 0. The summed E-state index contributed by atoms with van der Waals surface area (Å²) in [4.78, 5) is 10.6. The summed E-state index contributed by atoms with van der Waals surface area (Å²) in [6, 6.07) is 69.5. The minimum atomic E-state index is 0.852. The van der Waals surface area contributed by atoms with Gasteiger partial charge >= 0.3 is 0 Å². The lowest BCUT2D eigenvalue weighted by atomic mass is 9.93. The summed E-state index contributed by atoms with van der Waals surface area (Å²) in [6.07, 6.45) is 1.94. The molecule has 0 fully saturated rings. The lowest BCUT2D eigenvalue weighted by molar-refractivity contribution is 1.18. The Bertz CT molecular complexity index is 3240. The van der Waals surface area contributed by atoms with E-state index in [2.05, 4.69) is 199 Å². The topological polar surface area (TPSA) is 30.7 Å². The molecule has 55 heavy (non-hydrogen) atoms. The average Bonchev–Trinajstić information content (AvgIpc) is 3.60. The minimum absolute atomic E-state index is 0.852. The minimum Gasteiger partial charge on any atom is -0.309 e. The van der Waals surface area contributed by atoms with Gasteiger partial charge in [0.15, 0.2) is 0 Å². The highest BCUT2D eigenvalue weighted by Gasteiger charge is 2.16. The molecule has 11 aromatic rings. The molecule has 0 aliphatic rings. The van der Waals surface area contributed by atoms with E-state index in [0.29, 0.717) is 0 Å². The summed E-state index contributed by atoms with van der Waals surface area (Å²) in [5, 5.41) is 7.02. The van der Waals surface area contributed by atoms with E-state index >= 15 is 0 Å². The van der Waals surface area contributed by atoms with Crippen molar-refractivity contribution in [3.05, 3.63) is 200 Å². The first kappa shape index (κ1) is 31.2. The molecule has 0 spiro atoms. The van der Waals surface area contributed by atoms with Crippen LogP contribution in [-0.4, -0.2) is 14.5 Å². The number of benzene rings is 9. The Morgan fingerprint density at radius 2 is 0.818 bits per heavy atom. The Labute approximate surface area is 318 Å². The Morgan fingerprint density at radius 3 is 1.53 bits per heavy atom. The zero-order chi connectivity index (χ0) is 36.3. The maximum Gasteiger partial charge on any atom is 0.0979 e. The first-order valence-electron chi connectivity index (χ1n) is 18.7. The van der Waals surface area contributed by atoms with E-state index < -0.39 is 0 Å². The van der Waals surface area contributed by atoms with E-state index in [0.717, 1.165) is 49.9 Å². The largest absolute Gasteiger partial charge is 0.309 e. The molecule has 0 bridgehead atoms. The molecule has 2 heterocycles. The fraction of sp³-hybridized carbons (Fsp3) is 0. The van der Waals surface area contributed by atoms with Crippen LogP contribution in [0.5, 0.6) is 0 Å². The molecule has 0 N–H and O–H groups in total. The van der Waals surface area contributed by atoms with Gasteiger partial charge < -0.3 is 4.57 Å². The zero-order valence-electron chi connectivity index (χ0n) is 29.9. The number of fused-ring (bicyclic) bond motifs is 9. The van der Waals surface area contributed by atoms with Gasteiger partial charge in [0.05, 0.1) is 34.0 Å².